The predicted octanol–water partition coefficient (Wildman–Crippen LogP) is 4.32. The van der Waals surface area contributed by atoms with Crippen molar-refractivity contribution in [1.29, 1.82) is 0 Å². The molecule has 23 heavy (non-hydrogen) atoms. The minimum absolute atomic E-state index is 0.0692. The zero-order valence-electron chi connectivity index (χ0n) is 12.5. The van der Waals surface area contributed by atoms with Gasteiger partial charge < -0.3 is 5.32 Å². The molecule has 1 amide bonds. The van der Waals surface area contributed by atoms with Gasteiger partial charge in [0, 0.05) is 5.69 Å². The van der Waals surface area contributed by atoms with E-state index in [1.165, 1.54) is 23.1 Å². The number of aryl methyl sites for hydroxylation is 1. The average molecular weight is 341 g/mol. The lowest BCUT2D eigenvalue weighted by molar-refractivity contribution is -0.115. The van der Waals surface area contributed by atoms with E-state index in [4.69, 9.17) is 0 Å². The van der Waals surface area contributed by atoms with Crippen LogP contribution in [0.2, 0.25) is 0 Å². The van der Waals surface area contributed by atoms with Crippen molar-refractivity contribution in [3.05, 3.63) is 71.2 Å². The molecule has 0 aliphatic carbocycles. The minimum atomic E-state index is -0.372. The molecule has 1 N–H and O–H groups in total. The highest BCUT2D eigenvalue weighted by molar-refractivity contribution is 8.01. The molecule has 6 heteroatoms. The number of para-hydroxylation sites is 1. The number of carbonyl (C=O) groups is 1. The molecule has 0 spiro atoms. The molecule has 3 rings (SSSR count). The number of amides is 1. The summed E-state index contributed by atoms with van der Waals surface area (Å²) >= 11 is 2.92. The molecule has 1 atom stereocenters. The molecular formula is C17H15N3OS2. The Hall–Kier alpha value is -2.18. The molecule has 0 fully saturated rings. The van der Waals surface area contributed by atoms with E-state index in [1.807, 2.05) is 67.6 Å². The highest BCUT2D eigenvalue weighted by Gasteiger charge is 2.23. The first-order chi connectivity index (χ1) is 11.2. The van der Waals surface area contributed by atoms with Crippen molar-refractivity contribution in [1.82, 2.24) is 10.2 Å². The van der Waals surface area contributed by atoms with Crippen LogP contribution in [0.25, 0.3) is 0 Å². The Morgan fingerprint density at radius 1 is 1.04 bits per heavy atom. The monoisotopic (exact) mass is 341 g/mol. The number of rotatable bonds is 5. The summed E-state index contributed by atoms with van der Waals surface area (Å²) in [6.45, 7) is 1.91. The van der Waals surface area contributed by atoms with Crippen molar-refractivity contribution in [2.24, 2.45) is 0 Å². The fourth-order valence-corrected chi connectivity index (χ4v) is 4.06. The molecule has 0 bridgehead atoms. The third-order valence-electron chi connectivity index (χ3n) is 3.11. The van der Waals surface area contributed by atoms with Gasteiger partial charge in [-0.25, -0.2) is 0 Å². The van der Waals surface area contributed by atoms with Gasteiger partial charge in [-0.1, -0.05) is 71.6 Å². The van der Waals surface area contributed by atoms with Crippen LogP contribution in [0.4, 0.5) is 5.69 Å². The molecule has 0 radical (unpaired) electrons. The molecule has 1 unspecified atom stereocenters. The van der Waals surface area contributed by atoms with Crippen molar-refractivity contribution < 1.29 is 4.79 Å². The summed E-state index contributed by atoms with van der Waals surface area (Å²) in [5.74, 6) is -0.0692. The maximum absolute atomic E-state index is 12.7. The number of anilines is 1. The molecule has 0 saturated carbocycles. The first-order valence-electron chi connectivity index (χ1n) is 7.10. The fraction of sp³-hybridized carbons (Fsp3) is 0.118. The highest BCUT2D eigenvalue weighted by Crippen LogP contribution is 2.37. The molecule has 0 aliphatic heterocycles. The van der Waals surface area contributed by atoms with Crippen molar-refractivity contribution >= 4 is 34.7 Å². The van der Waals surface area contributed by atoms with Crippen LogP contribution in [-0.4, -0.2) is 16.1 Å². The Labute approximate surface area is 143 Å². The second-order valence-electron chi connectivity index (χ2n) is 4.85. The number of hydrogen-bond acceptors (Lipinski definition) is 5. The molecule has 1 aromatic heterocycles. The van der Waals surface area contributed by atoms with E-state index < -0.39 is 0 Å². The number of aromatic nitrogens is 2. The van der Waals surface area contributed by atoms with Crippen LogP contribution in [0.3, 0.4) is 0 Å². The zero-order chi connectivity index (χ0) is 16.1. The first kappa shape index (κ1) is 15.7. The van der Waals surface area contributed by atoms with Crippen LogP contribution in [-0.2, 0) is 4.79 Å². The summed E-state index contributed by atoms with van der Waals surface area (Å²) < 4.78 is 0.791. The molecule has 3 aromatic rings. The quantitative estimate of drug-likeness (QED) is 0.702. The van der Waals surface area contributed by atoms with Crippen LogP contribution < -0.4 is 5.32 Å². The van der Waals surface area contributed by atoms with Gasteiger partial charge in [0.25, 0.3) is 0 Å². The van der Waals surface area contributed by atoms with Crippen molar-refractivity contribution in [3.8, 4) is 0 Å². The summed E-state index contributed by atoms with van der Waals surface area (Å²) in [6, 6.07) is 19.2. The molecular weight excluding hydrogens is 326 g/mol. The van der Waals surface area contributed by atoms with Gasteiger partial charge in [0.15, 0.2) is 4.34 Å². The van der Waals surface area contributed by atoms with Gasteiger partial charge in [-0.05, 0) is 24.6 Å². The van der Waals surface area contributed by atoms with E-state index in [9.17, 15) is 4.79 Å². The smallest absolute Gasteiger partial charge is 0.242 e. The van der Waals surface area contributed by atoms with Gasteiger partial charge in [-0.15, -0.1) is 10.2 Å². The number of nitrogens with one attached hydrogen (secondary N) is 1. The highest BCUT2D eigenvalue weighted by atomic mass is 32.2. The van der Waals surface area contributed by atoms with Crippen LogP contribution in [0.15, 0.2) is 65.0 Å². The molecule has 116 valence electrons. The number of benzene rings is 2. The van der Waals surface area contributed by atoms with Gasteiger partial charge in [-0.3, -0.25) is 4.79 Å². The molecule has 0 saturated heterocycles. The van der Waals surface area contributed by atoms with Crippen LogP contribution >= 0.6 is 23.1 Å². The van der Waals surface area contributed by atoms with Crippen molar-refractivity contribution in [2.75, 3.05) is 5.32 Å². The molecule has 2 aromatic carbocycles. The van der Waals surface area contributed by atoms with Gasteiger partial charge in [-0.2, -0.15) is 0 Å². The number of thioether (sulfide) groups is 1. The van der Waals surface area contributed by atoms with Crippen LogP contribution in [0.1, 0.15) is 15.8 Å². The van der Waals surface area contributed by atoms with Gasteiger partial charge >= 0.3 is 0 Å². The predicted molar refractivity (Wildman–Crippen MR) is 94.8 cm³/mol. The average Bonchev–Trinajstić information content (AvgIpc) is 2.99. The van der Waals surface area contributed by atoms with E-state index in [-0.39, 0.29) is 11.2 Å². The standard InChI is InChI=1S/C17H15N3OS2/c1-12-19-20-17(22-12)23-15(13-8-4-2-5-9-13)16(21)18-14-10-6-3-7-11-14/h2-11,15H,1H3,(H,18,21). The largest absolute Gasteiger partial charge is 0.325 e. The summed E-state index contributed by atoms with van der Waals surface area (Å²) in [4.78, 5) is 12.7. The molecule has 0 aliphatic rings. The lowest BCUT2D eigenvalue weighted by Crippen LogP contribution is -2.18. The van der Waals surface area contributed by atoms with Gasteiger partial charge in [0.05, 0.1) is 0 Å². The maximum Gasteiger partial charge on any atom is 0.242 e. The van der Waals surface area contributed by atoms with E-state index in [0.29, 0.717) is 0 Å². The van der Waals surface area contributed by atoms with E-state index >= 15 is 0 Å². The minimum Gasteiger partial charge on any atom is -0.325 e. The topological polar surface area (TPSA) is 54.9 Å². The number of nitrogens with zero attached hydrogens (tertiary/aromatic N) is 2. The maximum atomic E-state index is 12.7. The lowest BCUT2D eigenvalue weighted by atomic mass is 10.1. The van der Waals surface area contributed by atoms with E-state index in [0.717, 1.165) is 20.6 Å². The second kappa shape index (κ2) is 7.39. The lowest BCUT2D eigenvalue weighted by Gasteiger charge is -2.15. The Balaban J connectivity index is 1.84. The third kappa shape index (κ3) is 4.18. The Kier molecular flexibility index (Phi) is 5.05. The summed E-state index contributed by atoms with van der Waals surface area (Å²) in [5.41, 5.74) is 1.73. The number of carbonyl (C=O) groups excluding carboxylic acids is 1. The summed E-state index contributed by atoms with van der Waals surface area (Å²) in [5, 5.41) is 11.6. The van der Waals surface area contributed by atoms with Crippen LogP contribution in [0.5, 0.6) is 0 Å². The number of hydrogen-bond donors (Lipinski definition) is 1. The second-order valence-corrected chi connectivity index (χ2v) is 7.38. The van der Waals surface area contributed by atoms with Gasteiger partial charge in [0.2, 0.25) is 5.91 Å². The SMILES string of the molecule is Cc1nnc(SC(C(=O)Nc2ccccc2)c2ccccc2)s1. The molecule has 1 heterocycles. The zero-order valence-corrected chi connectivity index (χ0v) is 14.1. The van der Waals surface area contributed by atoms with E-state index in [2.05, 4.69) is 15.5 Å². The molecule has 4 nitrogen and oxygen atoms in total. The fourth-order valence-electron chi connectivity index (χ4n) is 2.06. The Morgan fingerprint density at radius 3 is 2.30 bits per heavy atom. The van der Waals surface area contributed by atoms with Gasteiger partial charge in [0.1, 0.15) is 10.3 Å². The van der Waals surface area contributed by atoms with Crippen LogP contribution in [0, 0.1) is 6.92 Å². The van der Waals surface area contributed by atoms with Crippen molar-refractivity contribution in [2.45, 2.75) is 16.5 Å². The van der Waals surface area contributed by atoms with Crippen molar-refractivity contribution in [3.63, 3.8) is 0 Å². The Morgan fingerprint density at radius 2 is 1.70 bits per heavy atom. The third-order valence-corrected chi connectivity index (χ3v) is 5.29. The summed E-state index contributed by atoms with van der Waals surface area (Å²) in [6.07, 6.45) is 0. The van der Waals surface area contributed by atoms with E-state index in [1.54, 1.807) is 0 Å². The summed E-state index contributed by atoms with van der Waals surface area (Å²) in [7, 11) is 0. The normalized spacial score (nSPS) is 11.9. The Bertz CT molecular complexity index is 775. The first-order valence-corrected chi connectivity index (χ1v) is 8.79.